The van der Waals surface area contributed by atoms with E-state index in [2.05, 4.69) is 39.9 Å². The van der Waals surface area contributed by atoms with E-state index < -0.39 is 0 Å². The van der Waals surface area contributed by atoms with Gasteiger partial charge in [0.05, 0.1) is 6.20 Å². The molecule has 100 valence electrons. The molecule has 1 aromatic heterocycles. The molecule has 4 nitrogen and oxygen atoms in total. The predicted molar refractivity (Wildman–Crippen MR) is 78.0 cm³/mol. The quantitative estimate of drug-likeness (QED) is 0.849. The fourth-order valence-corrected chi connectivity index (χ4v) is 3.55. The number of rotatable bonds is 5. The highest BCUT2D eigenvalue weighted by atomic mass is 32.2. The summed E-state index contributed by atoms with van der Waals surface area (Å²) < 4.78 is 1.88. The maximum Gasteiger partial charge on any atom is 0.0692 e. The summed E-state index contributed by atoms with van der Waals surface area (Å²) in [5.74, 6) is 2.31. The van der Waals surface area contributed by atoms with Crippen molar-refractivity contribution in [3.8, 4) is 0 Å². The van der Waals surface area contributed by atoms with Crippen LogP contribution in [0.5, 0.6) is 0 Å². The molecule has 1 atom stereocenters. The summed E-state index contributed by atoms with van der Waals surface area (Å²) in [5, 5.41) is 11.4. The summed E-state index contributed by atoms with van der Waals surface area (Å²) in [6.45, 7) is 1.94. The summed E-state index contributed by atoms with van der Waals surface area (Å²) in [6, 6.07) is 9.26. The van der Waals surface area contributed by atoms with Gasteiger partial charge in [0, 0.05) is 30.3 Å². The molecule has 19 heavy (non-hydrogen) atoms. The van der Waals surface area contributed by atoms with Gasteiger partial charge in [-0.1, -0.05) is 29.5 Å². The maximum absolute atomic E-state index is 3.97. The van der Waals surface area contributed by atoms with E-state index in [0.29, 0.717) is 6.04 Å². The smallest absolute Gasteiger partial charge is 0.0692 e. The topological polar surface area (TPSA) is 42.7 Å². The zero-order valence-electron chi connectivity index (χ0n) is 10.8. The minimum atomic E-state index is 0.491. The summed E-state index contributed by atoms with van der Waals surface area (Å²) in [7, 11) is 0. The van der Waals surface area contributed by atoms with Crippen LogP contribution in [0.2, 0.25) is 0 Å². The number of fused-ring (bicyclic) bond motifs is 1. The van der Waals surface area contributed by atoms with Crippen LogP contribution in [0.3, 0.4) is 0 Å². The standard InChI is InChI=1S/C14H18N4S/c1-2-5-13-12(4-1)10-19-11-14(13)15-6-3-8-18-9-7-16-17-18/h1-2,4-5,7,9,14-15H,3,6,8,10-11H2. The van der Waals surface area contributed by atoms with Gasteiger partial charge in [0.2, 0.25) is 0 Å². The molecule has 1 aliphatic rings. The van der Waals surface area contributed by atoms with Crippen molar-refractivity contribution in [2.75, 3.05) is 12.3 Å². The number of aryl methyl sites for hydroxylation is 1. The molecular formula is C14H18N4S. The third-order valence-electron chi connectivity index (χ3n) is 3.40. The van der Waals surface area contributed by atoms with E-state index in [0.717, 1.165) is 25.3 Å². The highest BCUT2D eigenvalue weighted by molar-refractivity contribution is 7.98. The minimum absolute atomic E-state index is 0.491. The Morgan fingerprint density at radius 1 is 1.37 bits per heavy atom. The molecule has 2 aromatic rings. The Morgan fingerprint density at radius 2 is 2.32 bits per heavy atom. The largest absolute Gasteiger partial charge is 0.309 e. The van der Waals surface area contributed by atoms with Crippen molar-refractivity contribution in [1.82, 2.24) is 20.3 Å². The van der Waals surface area contributed by atoms with Crippen LogP contribution in [0.15, 0.2) is 36.7 Å². The molecule has 3 rings (SSSR count). The van der Waals surface area contributed by atoms with Crippen LogP contribution in [-0.4, -0.2) is 27.3 Å². The fourth-order valence-electron chi connectivity index (χ4n) is 2.42. The first-order chi connectivity index (χ1) is 9.43. The molecule has 0 aliphatic carbocycles. The number of hydrogen-bond acceptors (Lipinski definition) is 4. The van der Waals surface area contributed by atoms with Crippen molar-refractivity contribution in [3.63, 3.8) is 0 Å². The van der Waals surface area contributed by atoms with Gasteiger partial charge in [0.15, 0.2) is 0 Å². The molecule has 1 aromatic carbocycles. The second-order valence-corrected chi connectivity index (χ2v) is 5.77. The van der Waals surface area contributed by atoms with Crippen LogP contribution >= 0.6 is 11.8 Å². The zero-order valence-corrected chi connectivity index (χ0v) is 11.6. The first-order valence-corrected chi connectivity index (χ1v) is 7.82. The third kappa shape index (κ3) is 3.16. The first-order valence-electron chi connectivity index (χ1n) is 6.66. The van der Waals surface area contributed by atoms with E-state index in [1.807, 2.05) is 22.6 Å². The van der Waals surface area contributed by atoms with Gasteiger partial charge in [-0.05, 0) is 24.1 Å². The molecule has 5 heteroatoms. The van der Waals surface area contributed by atoms with Gasteiger partial charge >= 0.3 is 0 Å². The lowest BCUT2D eigenvalue weighted by molar-refractivity contribution is 0.500. The van der Waals surface area contributed by atoms with Crippen molar-refractivity contribution in [1.29, 1.82) is 0 Å². The molecule has 0 spiro atoms. The number of nitrogens with zero attached hydrogens (tertiary/aromatic N) is 3. The lowest BCUT2D eigenvalue weighted by Crippen LogP contribution is -2.28. The number of nitrogens with one attached hydrogen (secondary N) is 1. The Hall–Kier alpha value is -1.33. The first kappa shape index (κ1) is 12.7. The monoisotopic (exact) mass is 274 g/mol. The van der Waals surface area contributed by atoms with Crippen molar-refractivity contribution < 1.29 is 0 Å². The molecule has 0 fully saturated rings. The van der Waals surface area contributed by atoms with Gasteiger partial charge in [0.1, 0.15) is 0 Å². The van der Waals surface area contributed by atoms with Crippen LogP contribution in [0, 0.1) is 0 Å². The lowest BCUT2D eigenvalue weighted by Gasteiger charge is -2.26. The van der Waals surface area contributed by atoms with Crippen LogP contribution in [-0.2, 0) is 12.3 Å². The van der Waals surface area contributed by atoms with E-state index in [9.17, 15) is 0 Å². The molecule has 1 N–H and O–H groups in total. The molecule has 0 amide bonds. The molecule has 0 bridgehead atoms. The van der Waals surface area contributed by atoms with Crippen LogP contribution in [0.25, 0.3) is 0 Å². The molecule has 1 unspecified atom stereocenters. The zero-order chi connectivity index (χ0) is 12.9. The van der Waals surface area contributed by atoms with Crippen LogP contribution < -0.4 is 5.32 Å². The normalized spacial score (nSPS) is 18.2. The second-order valence-electron chi connectivity index (χ2n) is 4.74. The van der Waals surface area contributed by atoms with Gasteiger partial charge in [-0.2, -0.15) is 11.8 Å². The van der Waals surface area contributed by atoms with Crippen LogP contribution in [0.4, 0.5) is 0 Å². The molecular weight excluding hydrogens is 256 g/mol. The van der Waals surface area contributed by atoms with E-state index in [1.54, 1.807) is 6.20 Å². The molecule has 1 aliphatic heterocycles. The Kier molecular flexibility index (Phi) is 4.15. The SMILES string of the molecule is c1ccc2c(c1)CSCC2NCCCn1ccnn1. The van der Waals surface area contributed by atoms with Gasteiger partial charge in [0.25, 0.3) is 0 Å². The van der Waals surface area contributed by atoms with Crippen molar-refractivity contribution >= 4 is 11.8 Å². The van der Waals surface area contributed by atoms with E-state index in [-0.39, 0.29) is 0 Å². The Bertz CT molecular complexity index is 512. The Balaban J connectivity index is 1.51. The van der Waals surface area contributed by atoms with Gasteiger partial charge in [-0.15, -0.1) is 5.10 Å². The Labute approximate surface area is 117 Å². The highest BCUT2D eigenvalue weighted by Gasteiger charge is 2.18. The van der Waals surface area contributed by atoms with E-state index in [1.165, 1.54) is 16.9 Å². The van der Waals surface area contributed by atoms with Gasteiger partial charge in [-0.3, -0.25) is 4.68 Å². The van der Waals surface area contributed by atoms with Crippen molar-refractivity contribution in [2.45, 2.75) is 24.8 Å². The fraction of sp³-hybridized carbons (Fsp3) is 0.429. The molecule has 0 radical (unpaired) electrons. The van der Waals surface area contributed by atoms with E-state index in [4.69, 9.17) is 0 Å². The molecule has 2 heterocycles. The number of thioether (sulfide) groups is 1. The van der Waals surface area contributed by atoms with Crippen molar-refractivity contribution in [2.24, 2.45) is 0 Å². The maximum atomic E-state index is 3.97. The van der Waals surface area contributed by atoms with Crippen molar-refractivity contribution in [3.05, 3.63) is 47.8 Å². The van der Waals surface area contributed by atoms with Crippen LogP contribution in [0.1, 0.15) is 23.6 Å². The average Bonchev–Trinajstić information content (AvgIpc) is 2.97. The molecule has 0 saturated heterocycles. The lowest BCUT2D eigenvalue weighted by atomic mass is 10.0. The number of benzene rings is 1. The van der Waals surface area contributed by atoms with Gasteiger partial charge < -0.3 is 5.32 Å². The summed E-state index contributed by atoms with van der Waals surface area (Å²) in [5.41, 5.74) is 2.95. The summed E-state index contributed by atoms with van der Waals surface area (Å²) in [4.78, 5) is 0. The average molecular weight is 274 g/mol. The Morgan fingerprint density at radius 3 is 3.21 bits per heavy atom. The highest BCUT2D eigenvalue weighted by Crippen LogP contribution is 2.31. The number of hydrogen-bond donors (Lipinski definition) is 1. The minimum Gasteiger partial charge on any atom is -0.309 e. The number of aromatic nitrogens is 3. The van der Waals surface area contributed by atoms with Gasteiger partial charge in [-0.25, -0.2) is 0 Å². The third-order valence-corrected chi connectivity index (χ3v) is 4.48. The second kappa shape index (κ2) is 6.21. The summed E-state index contributed by atoms with van der Waals surface area (Å²) in [6.07, 6.45) is 4.71. The van der Waals surface area contributed by atoms with E-state index >= 15 is 0 Å². The summed E-state index contributed by atoms with van der Waals surface area (Å²) >= 11 is 2.01. The molecule has 0 saturated carbocycles. The predicted octanol–water partition coefficient (Wildman–Crippen LogP) is 2.25.